The number of rotatable bonds is 3. The highest BCUT2D eigenvalue weighted by Crippen LogP contribution is 2.34. The minimum Gasteiger partial charge on any atom is -0.381 e. The zero-order chi connectivity index (χ0) is 9.15. The minimum absolute atomic E-state index is 0.215. The van der Waals surface area contributed by atoms with Gasteiger partial charge in [0.25, 0.3) is 0 Å². The molecule has 13 heavy (non-hydrogen) atoms. The van der Waals surface area contributed by atoms with Crippen molar-refractivity contribution in [3.63, 3.8) is 0 Å². The maximum atomic E-state index is 6.01. The second-order valence-electron chi connectivity index (χ2n) is 3.69. The van der Waals surface area contributed by atoms with E-state index >= 15 is 0 Å². The SMILES string of the molecule is ClCC1(Cc2cccs2)CCOC1. The van der Waals surface area contributed by atoms with Crippen LogP contribution in [0.15, 0.2) is 17.5 Å². The summed E-state index contributed by atoms with van der Waals surface area (Å²) in [6.45, 7) is 1.70. The molecule has 1 atom stereocenters. The highest BCUT2D eigenvalue weighted by molar-refractivity contribution is 7.09. The Balaban J connectivity index is 2.06. The lowest BCUT2D eigenvalue weighted by atomic mass is 9.85. The Morgan fingerprint density at radius 1 is 1.62 bits per heavy atom. The van der Waals surface area contributed by atoms with E-state index in [4.69, 9.17) is 16.3 Å². The molecule has 1 fully saturated rings. The van der Waals surface area contributed by atoms with E-state index < -0.39 is 0 Å². The van der Waals surface area contributed by atoms with Crippen LogP contribution in [0, 0.1) is 5.41 Å². The zero-order valence-corrected chi connectivity index (χ0v) is 9.03. The second kappa shape index (κ2) is 3.99. The number of hydrogen-bond acceptors (Lipinski definition) is 2. The molecule has 1 aliphatic heterocycles. The smallest absolute Gasteiger partial charge is 0.0538 e. The first-order chi connectivity index (χ1) is 6.35. The summed E-state index contributed by atoms with van der Waals surface area (Å²) in [5.74, 6) is 0.713. The van der Waals surface area contributed by atoms with Crippen LogP contribution in [0.3, 0.4) is 0 Å². The second-order valence-corrected chi connectivity index (χ2v) is 4.99. The first-order valence-electron chi connectivity index (χ1n) is 4.51. The molecule has 1 aromatic rings. The van der Waals surface area contributed by atoms with Gasteiger partial charge in [-0.25, -0.2) is 0 Å². The summed E-state index contributed by atoms with van der Waals surface area (Å²) in [4.78, 5) is 1.42. The molecule has 2 rings (SSSR count). The first kappa shape index (κ1) is 9.50. The predicted molar refractivity (Wildman–Crippen MR) is 56.6 cm³/mol. The zero-order valence-electron chi connectivity index (χ0n) is 7.46. The minimum atomic E-state index is 0.215. The molecular formula is C10H13ClOS. The average molecular weight is 217 g/mol. The van der Waals surface area contributed by atoms with Gasteiger partial charge in [-0.05, 0) is 24.3 Å². The standard InChI is InChI=1S/C10H13ClOS/c11-7-10(3-4-12-8-10)6-9-2-1-5-13-9/h1-2,5H,3-4,6-8H2. The normalized spacial score (nSPS) is 28.1. The molecule has 0 saturated carbocycles. The van der Waals surface area contributed by atoms with Crippen LogP contribution in [0.4, 0.5) is 0 Å². The van der Waals surface area contributed by atoms with Crippen LogP contribution in [0.1, 0.15) is 11.3 Å². The molecular weight excluding hydrogens is 204 g/mol. The Bertz CT molecular complexity index is 252. The van der Waals surface area contributed by atoms with Crippen molar-refractivity contribution in [1.29, 1.82) is 0 Å². The Morgan fingerprint density at radius 3 is 3.08 bits per heavy atom. The largest absolute Gasteiger partial charge is 0.381 e. The average Bonchev–Trinajstić information content (AvgIpc) is 2.77. The highest BCUT2D eigenvalue weighted by atomic mass is 35.5. The van der Waals surface area contributed by atoms with Gasteiger partial charge < -0.3 is 4.74 Å². The monoisotopic (exact) mass is 216 g/mol. The van der Waals surface area contributed by atoms with Crippen molar-refractivity contribution in [2.75, 3.05) is 19.1 Å². The van der Waals surface area contributed by atoms with E-state index in [1.807, 2.05) is 11.3 Å². The molecule has 1 unspecified atom stereocenters. The molecule has 0 bridgehead atoms. The van der Waals surface area contributed by atoms with Gasteiger partial charge in [-0.3, -0.25) is 0 Å². The third kappa shape index (κ3) is 2.06. The van der Waals surface area contributed by atoms with Gasteiger partial charge >= 0.3 is 0 Å². The first-order valence-corrected chi connectivity index (χ1v) is 5.92. The molecule has 1 saturated heterocycles. The van der Waals surface area contributed by atoms with Crippen LogP contribution >= 0.6 is 22.9 Å². The summed E-state index contributed by atoms with van der Waals surface area (Å²) < 4.78 is 5.42. The van der Waals surface area contributed by atoms with Gasteiger partial charge in [0, 0.05) is 22.8 Å². The third-order valence-electron chi connectivity index (χ3n) is 2.60. The van der Waals surface area contributed by atoms with E-state index in [9.17, 15) is 0 Å². The molecule has 0 amide bonds. The fourth-order valence-corrected chi connectivity index (χ4v) is 2.91. The third-order valence-corrected chi connectivity index (χ3v) is 4.04. The van der Waals surface area contributed by atoms with Crippen LogP contribution in [0.5, 0.6) is 0 Å². The summed E-state index contributed by atoms with van der Waals surface area (Å²) in [6, 6.07) is 4.27. The number of alkyl halides is 1. The topological polar surface area (TPSA) is 9.23 Å². The van der Waals surface area contributed by atoms with Gasteiger partial charge in [-0.15, -0.1) is 22.9 Å². The fourth-order valence-electron chi connectivity index (χ4n) is 1.72. The van der Waals surface area contributed by atoms with Crippen LogP contribution in [0.2, 0.25) is 0 Å². The van der Waals surface area contributed by atoms with Gasteiger partial charge in [0.2, 0.25) is 0 Å². The maximum absolute atomic E-state index is 6.01. The van der Waals surface area contributed by atoms with Crippen molar-refractivity contribution in [2.45, 2.75) is 12.8 Å². The maximum Gasteiger partial charge on any atom is 0.0538 e. The van der Waals surface area contributed by atoms with Crippen molar-refractivity contribution in [2.24, 2.45) is 5.41 Å². The van der Waals surface area contributed by atoms with Gasteiger partial charge in [0.1, 0.15) is 0 Å². The number of thiophene rings is 1. The Labute approximate surface area is 87.7 Å². The Kier molecular flexibility index (Phi) is 2.92. The number of ether oxygens (including phenoxy) is 1. The van der Waals surface area contributed by atoms with Crippen LogP contribution in [0.25, 0.3) is 0 Å². The van der Waals surface area contributed by atoms with Gasteiger partial charge in [0.05, 0.1) is 6.61 Å². The van der Waals surface area contributed by atoms with Crippen LogP contribution in [-0.2, 0) is 11.2 Å². The van der Waals surface area contributed by atoms with E-state index in [1.165, 1.54) is 4.88 Å². The van der Waals surface area contributed by atoms with E-state index in [2.05, 4.69) is 17.5 Å². The lowest BCUT2D eigenvalue weighted by Gasteiger charge is -2.23. The molecule has 0 N–H and O–H groups in total. The molecule has 72 valence electrons. The lowest BCUT2D eigenvalue weighted by Crippen LogP contribution is -2.25. The lowest BCUT2D eigenvalue weighted by molar-refractivity contribution is 0.161. The van der Waals surface area contributed by atoms with E-state index in [1.54, 1.807) is 0 Å². The quantitative estimate of drug-likeness (QED) is 0.706. The van der Waals surface area contributed by atoms with Gasteiger partial charge in [-0.2, -0.15) is 0 Å². The molecule has 1 aliphatic rings. The molecule has 1 nitrogen and oxygen atoms in total. The fraction of sp³-hybridized carbons (Fsp3) is 0.600. The van der Waals surface area contributed by atoms with E-state index in [0.717, 1.165) is 26.1 Å². The summed E-state index contributed by atoms with van der Waals surface area (Å²) >= 11 is 7.82. The molecule has 2 heterocycles. The molecule has 0 spiro atoms. The molecule has 0 aliphatic carbocycles. The summed E-state index contributed by atoms with van der Waals surface area (Å²) in [6.07, 6.45) is 2.18. The van der Waals surface area contributed by atoms with Crippen molar-refractivity contribution < 1.29 is 4.74 Å². The number of halogens is 1. The molecule has 3 heteroatoms. The van der Waals surface area contributed by atoms with Crippen LogP contribution in [-0.4, -0.2) is 19.1 Å². The summed E-state index contributed by atoms with van der Waals surface area (Å²) in [5.41, 5.74) is 0.215. The molecule has 0 radical (unpaired) electrons. The van der Waals surface area contributed by atoms with Crippen molar-refractivity contribution in [3.8, 4) is 0 Å². The van der Waals surface area contributed by atoms with Crippen LogP contribution < -0.4 is 0 Å². The number of hydrogen-bond donors (Lipinski definition) is 0. The Hall–Kier alpha value is -0.0500. The van der Waals surface area contributed by atoms with Gasteiger partial charge in [0.15, 0.2) is 0 Å². The van der Waals surface area contributed by atoms with E-state index in [0.29, 0.717) is 5.88 Å². The predicted octanol–water partition coefficient (Wildman–Crippen LogP) is 2.94. The Morgan fingerprint density at radius 2 is 2.54 bits per heavy atom. The summed E-state index contributed by atoms with van der Waals surface area (Å²) in [5, 5.41) is 2.12. The van der Waals surface area contributed by atoms with E-state index in [-0.39, 0.29) is 5.41 Å². The van der Waals surface area contributed by atoms with Crippen molar-refractivity contribution in [1.82, 2.24) is 0 Å². The molecule has 1 aromatic heterocycles. The highest BCUT2D eigenvalue weighted by Gasteiger charge is 2.34. The van der Waals surface area contributed by atoms with Gasteiger partial charge in [-0.1, -0.05) is 6.07 Å². The summed E-state index contributed by atoms with van der Waals surface area (Å²) in [7, 11) is 0. The van der Waals surface area contributed by atoms with Crippen molar-refractivity contribution in [3.05, 3.63) is 22.4 Å². The van der Waals surface area contributed by atoms with Crippen molar-refractivity contribution >= 4 is 22.9 Å². The molecule has 0 aromatic carbocycles.